The summed E-state index contributed by atoms with van der Waals surface area (Å²) in [5.74, 6) is 2.86. The SMILES string of the molecule is COc1ccc(C[C@@H](Cc2ccc3c(c2)OCO3)NC(=O)Nc2ccccc2OC)cc1. The second kappa shape index (κ2) is 9.96. The zero-order chi connectivity index (χ0) is 22.3. The van der Waals surface area contributed by atoms with E-state index in [-0.39, 0.29) is 18.9 Å². The van der Waals surface area contributed by atoms with Crippen LogP contribution in [0.2, 0.25) is 0 Å². The predicted octanol–water partition coefficient (Wildman–Crippen LogP) is 4.41. The van der Waals surface area contributed by atoms with Gasteiger partial charge >= 0.3 is 6.03 Å². The van der Waals surface area contributed by atoms with Gasteiger partial charge in [0.05, 0.1) is 19.9 Å². The molecule has 0 spiro atoms. The number of para-hydroxylation sites is 2. The number of methoxy groups -OCH3 is 2. The number of benzene rings is 3. The Morgan fingerprint density at radius 2 is 1.62 bits per heavy atom. The normalized spacial score (nSPS) is 12.7. The Hall–Kier alpha value is -3.87. The lowest BCUT2D eigenvalue weighted by atomic mass is 9.98. The van der Waals surface area contributed by atoms with Crippen LogP contribution in [0.4, 0.5) is 10.5 Å². The maximum atomic E-state index is 12.8. The average molecular weight is 434 g/mol. The van der Waals surface area contributed by atoms with Crippen molar-refractivity contribution in [3.63, 3.8) is 0 Å². The Morgan fingerprint density at radius 1 is 0.906 bits per heavy atom. The monoisotopic (exact) mass is 434 g/mol. The number of urea groups is 1. The predicted molar refractivity (Wildman–Crippen MR) is 122 cm³/mol. The molecule has 0 bridgehead atoms. The fourth-order valence-corrected chi connectivity index (χ4v) is 3.66. The van der Waals surface area contributed by atoms with E-state index in [1.54, 1.807) is 26.4 Å². The van der Waals surface area contributed by atoms with Gasteiger partial charge in [0.1, 0.15) is 11.5 Å². The van der Waals surface area contributed by atoms with Gasteiger partial charge < -0.3 is 29.6 Å². The third kappa shape index (κ3) is 5.24. The van der Waals surface area contributed by atoms with Gasteiger partial charge in [0.25, 0.3) is 0 Å². The number of hydrogen-bond acceptors (Lipinski definition) is 5. The molecule has 0 aromatic heterocycles. The van der Waals surface area contributed by atoms with Crippen LogP contribution < -0.4 is 29.6 Å². The summed E-state index contributed by atoms with van der Waals surface area (Å²) in [4.78, 5) is 12.8. The number of anilines is 1. The van der Waals surface area contributed by atoms with Gasteiger partial charge in [-0.1, -0.05) is 30.3 Å². The van der Waals surface area contributed by atoms with Gasteiger partial charge in [-0.05, 0) is 60.4 Å². The first-order chi connectivity index (χ1) is 15.6. The van der Waals surface area contributed by atoms with Crippen LogP contribution in [0.1, 0.15) is 11.1 Å². The molecule has 1 atom stereocenters. The Kier molecular flexibility index (Phi) is 6.65. The smallest absolute Gasteiger partial charge is 0.319 e. The number of nitrogens with one attached hydrogen (secondary N) is 2. The zero-order valence-electron chi connectivity index (χ0n) is 18.1. The molecule has 2 amide bonds. The van der Waals surface area contributed by atoms with Crippen LogP contribution in [0, 0.1) is 0 Å². The van der Waals surface area contributed by atoms with E-state index >= 15 is 0 Å². The minimum Gasteiger partial charge on any atom is -0.497 e. The van der Waals surface area contributed by atoms with E-state index in [0.717, 1.165) is 28.4 Å². The number of hydrogen-bond donors (Lipinski definition) is 2. The number of fused-ring (bicyclic) bond motifs is 1. The molecule has 7 nitrogen and oxygen atoms in total. The molecule has 1 heterocycles. The van der Waals surface area contributed by atoms with Crippen molar-refractivity contribution >= 4 is 11.7 Å². The fourth-order valence-electron chi connectivity index (χ4n) is 3.66. The highest BCUT2D eigenvalue weighted by molar-refractivity contribution is 5.91. The highest BCUT2D eigenvalue weighted by Crippen LogP contribution is 2.33. The van der Waals surface area contributed by atoms with E-state index in [1.807, 2.05) is 54.6 Å². The van der Waals surface area contributed by atoms with Crippen LogP contribution in [0.15, 0.2) is 66.7 Å². The lowest BCUT2D eigenvalue weighted by Crippen LogP contribution is -2.40. The second-order valence-electron chi connectivity index (χ2n) is 7.44. The van der Waals surface area contributed by atoms with Gasteiger partial charge in [-0.2, -0.15) is 0 Å². The van der Waals surface area contributed by atoms with Crippen LogP contribution in [0.3, 0.4) is 0 Å². The molecule has 0 aliphatic carbocycles. The fraction of sp³-hybridized carbons (Fsp3) is 0.240. The standard InChI is InChI=1S/C25H26N2O5/c1-29-20-10-7-17(8-11-20)13-19(14-18-9-12-23-24(15-18)32-16-31-23)26-25(28)27-21-5-3-4-6-22(21)30-2/h3-12,15,19H,13-14,16H2,1-2H3,(H2,26,27,28)/t19-/m0/s1. The van der Waals surface area contributed by atoms with E-state index in [1.165, 1.54) is 0 Å². The number of rotatable bonds is 8. The molecule has 2 N–H and O–H groups in total. The number of carbonyl (C=O) groups excluding carboxylic acids is 1. The Morgan fingerprint density at radius 3 is 2.41 bits per heavy atom. The van der Waals surface area contributed by atoms with Gasteiger partial charge in [-0.3, -0.25) is 0 Å². The van der Waals surface area contributed by atoms with Gasteiger partial charge in [0, 0.05) is 6.04 Å². The zero-order valence-corrected chi connectivity index (χ0v) is 18.1. The van der Waals surface area contributed by atoms with Gasteiger partial charge in [0.2, 0.25) is 6.79 Å². The van der Waals surface area contributed by atoms with Crippen molar-refractivity contribution in [3.05, 3.63) is 77.9 Å². The maximum absolute atomic E-state index is 12.8. The molecule has 0 saturated carbocycles. The molecule has 7 heteroatoms. The molecule has 3 aromatic rings. The topological polar surface area (TPSA) is 78.0 Å². The molecule has 1 aliphatic heterocycles. The Labute approximate surface area is 187 Å². The van der Waals surface area contributed by atoms with Crippen LogP contribution in [0.25, 0.3) is 0 Å². The molecule has 3 aromatic carbocycles. The maximum Gasteiger partial charge on any atom is 0.319 e. The van der Waals surface area contributed by atoms with Crippen molar-refractivity contribution in [2.24, 2.45) is 0 Å². The van der Waals surface area contributed by atoms with Crippen molar-refractivity contribution in [1.82, 2.24) is 5.32 Å². The summed E-state index contributed by atoms with van der Waals surface area (Å²) < 4.78 is 21.5. The third-order valence-electron chi connectivity index (χ3n) is 5.25. The molecule has 1 aliphatic rings. The Balaban J connectivity index is 1.50. The minimum atomic E-state index is -0.297. The highest BCUT2D eigenvalue weighted by Gasteiger charge is 2.18. The first kappa shape index (κ1) is 21.4. The lowest BCUT2D eigenvalue weighted by molar-refractivity contribution is 0.174. The van der Waals surface area contributed by atoms with Crippen molar-refractivity contribution in [2.75, 3.05) is 26.3 Å². The summed E-state index contributed by atoms with van der Waals surface area (Å²) in [7, 11) is 3.21. The summed E-state index contributed by atoms with van der Waals surface area (Å²) >= 11 is 0. The molecular weight excluding hydrogens is 408 g/mol. The molecule has 4 rings (SSSR count). The largest absolute Gasteiger partial charge is 0.497 e. The number of carbonyl (C=O) groups is 1. The molecule has 166 valence electrons. The van der Waals surface area contributed by atoms with Crippen LogP contribution in [-0.2, 0) is 12.8 Å². The molecule has 32 heavy (non-hydrogen) atoms. The number of ether oxygens (including phenoxy) is 4. The third-order valence-corrected chi connectivity index (χ3v) is 5.25. The highest BCUT2D eigenvalue weighted by atomic mass is 16.7. The molecule has 0 unspecified atom stereocenters. The molecular formula is C25H26N2O5. The van der Waals surface area contributed by atoms with Crippen molar-refractivity contribution in [3.8, 4) is 23.0 Å². The van der Waals surface area contributed by atoms with Crippen LogP contribution in [0.5, 0.6) is 23.0 Å². The summed E-state index contributed by atoms with van der Waals surface area (Å²) in [5.41, 5.74) is 2.75. The van der Waals surface area contributed by atoms with E-state index in [2.05, 4.69) is 10.6 Å². The van der Waals surface area contributed by atoms with Gasteiger partial charge in [-0.25, -0.2) is 4.79 Å². The minimum absolute atomic E-state index is 0.154. The average Bonchev–Trinajstić information content (AvgIpc) is 3.28. The van der Waals surface area contributed by atoms with E-state index in [4.69, 9.17) is 18.9 Å². The van der Waals surface area contributed by atoms with Gasteiger partial charge in [-0.15, -0.1) is 0 Å². The lowest BCUT2D eigenvalue weighted by Gasteiger charge is -2.20. The molecule has 0 fully saturated rings. The Bertz CT molecular complexity index is 1070. The molecule has 0 radical (unpaired) electrons. The van der Waals surface area contributed by atoms with Crippen molar-refractivity contribution < 1.29 is 23.7 Å². The van der Waals surface area contributed by atoms with Crippen molar-refractivity contribution in [2.45, 2.75) is 18.9 Å². The van der Waals surface area contributed by atoms with E-state index in [9.17, 15) is 4.79 Å². The van der Waals surface area contributed by atoms with Crippen LogP contribution >= 0.6 is 0 Å². The van der Waals surface area contributed by atoms with Crippen LogP contribution in [-0.4, -0.2) is 33.1 Å². The summed E-state index contributed by atoms with van der Waals surface area (Å²) in [5, 5.41) is 5.98. The first-order valence-electron chi connectivity index (χ1n) is 10.4. The quantitative estimate of drug-likeness (QED) is 0.549. The number of amides is 2. The summed E-state index contributed by atoms with van der Waals surface area (Å²) in [6.07, 6.45) is 1.28. The van der Waals surface area contributed by atoms with E-state index < -0.39 is 0 Å². The first-order valence-corrected chi connectivity index (χ1v) is 10.4. The summed E-state index contributed by atoms with van der Waals surface area (Å²) in [6, 6.07) is 20.6. The summed E-state index contributed by atoms with van der Waals surface area (Å²) in [6.45, 7) is 0.230. The van der Waals surface area contributed by atoms with Crippen molar-refractivity contribution in [1.29, 1.82) is 0 Å². The second-order valence-corrected chi connectivity index (χ2v) is 7.44. The van der Waals surface area contributed by atoms with Gasteiger partial charge in [0.15, 0.2) is 11.5 Å². The van der Waals surface area contributed by atoms with E-state index in [0.29, 0.717) is 24.3 Å². The molecule has 0 saturated heterocycles.